The van der Waals surface area contributed by atoms with E-state index in [1.807, 2.05) is 6.08 Å². The number of benzene rings is 2. The predicted octanol–water partition coefficient (Wildman–Crippen LogP) is 6.81. The number of unbranched alkanes of at least 4 members (excludes halogenated alkanes) is 2. The van der Waals surface area contributed by atoms with Crippen molar-refractivity contribution in [3.63, 3.8) is 0 Å². The molecule has 1 aliphatic rings. The summed E-state index contributed by atoms with van der Waals surface area (Å²) in [4.78, 5) is 0. The van der Waals surface area contributed by atoms with Crippen LogP contribution in [0, 0.1) is 0 Å². The molecule has 3 rings (SSSR count). The van der Waals surface area contributed by atoms with Gasteiger partial charge in [0.25, 0.3) is 0 Å². The van der Waals surface area contributed by atoms with Crippen LogP contribution in [0.3, 0.4) is 0 Å². The van der Waals surface area contributed by atoms with E-state index in [1.165, 1.54) is 61.6 Å². The van der Waals surface area contributed by atoms with Gasteiger partial charge in [-0.25, -0.2) is 0 Å². The molecule has 0 bridgehead atoms. The number of hydrogen-bond acceptors (Lipinski definition) is 0. The molecule has 2 aromatic rings. The molecule has 0 nitrogen and oxygen atoms in total. The largest absolute Gasteiger partial charge is 0.103 e. The number of rotatable bonds is 8. The number of allylic oxidation sites excluding steroid dienone is 1. The number of fused-ring (bicyclic) bond motifs is 1. The molecule has 0 fully saturated rings. The predicted molar refractivity (Wildman–Crippen MR) is 109 cm³/mol. The molecule has 0 spiro atoms. The quantitative estimate of drug-likeness (QED) is 0.368. The molecule has 2 aromatic carbocycles. The molecule has 0 N–H and O–H groups in total. The molecule has 0 heteroatoms. The third kappa shape index (κ3) is 4.84. The molecule has 1 atom stereocenters. The summed E-state index contributed by atoms with van der Waals surface area (Å²) in [6, 6.07) is 16.6. The normalized spacial score (nSPS) is 16.4. The standard InChI is InChI=1S/C25H32/c1-3-5-7-9-21-12-15-25-19-24(17-16-23(25)18-21)22-13-10-20(11-14-22)8-6-4-2/h4,10-15,18,24H,2-3,5-9,16-17,19H2,1H3. The molecule has 1 unspecified atom stereocenters. The van der Waals surface area contributed by atoms with Crippen molar-refractivity contribution in [2.24, 2.45) is 0 Å². The van der Waals surface area contributed by atoms with Gasteiger partial charge < -0.3 is 0 Å². The molecular weight excluding hydrogens is 300 g/mol. The Balaban J connectivity index is 1.63. The average Bonchev–Trinajstić information content (AvgIpc) is 2.66. The van der Waals surface area contributed by atoms with Crippen LogP contribution in [0.5, 0.6) is 0 Å². The van der Waals surface area contributed by atoms with Crippen molar-refractivity contribution in [2.75, 3.05) is 0 Å². The molecule has 0 aromatic heterocycles. The van der Waals surface area contributed by atoms with E-state index in [9.17, 15) is 0 Å². The summed E-state index contributed by atoms with van der Waals surface area (Å²) < 4.78 is 0. The highest BCUT2D eigenvalue weighted by atomic mass is 14.2. The van der Waals surface area contributed by atoms with Crippen molar-refractivity contribution in [3.05, 3.63) is 82.9 Å². The van der Waals surface area contributed by atoms with E-state index in [2.05, 4.69) is 56.0 Å². The van der Waals surface area contributed by atoms with Gasteiger partial charge in [0.2, 0.25) is 0 Å². The molecule has 132 valence electrons. The highest BCUT2D eigenvalue weighted by Crippen LogP contribution is 2.33. The molecule has 0 amide bonds. The van der Waals surface area contributed by atoms with Gasteiger partial charge in [0.15, 0.2) is 0 Å². The van der Waals surface area contributed by atoms with Gasteiger partial charge in [-0.15, -0.1) is 6.58 Å². The first kappa shape index (κ1) is 18.0. The smallest absolute Gasteiger partial charge is 0.0118 e. The molecule has 0 saturated carbocycles. The van der Waals surface area contributed by atoms with E-state index >= 15 is 0 Å². The Bertz CT molecular complexity index is 678. The molecular formula is C25H32. The maximum Gasteiger partial charge on any atom is -0.0118 e. The third-order valence-corrected chi connectivity index (χ3v) is 5.66. The van der Waals surface area contributed by atoms with Crippen LogP contribution in [0.1, 0.15) is 72.8 Å². The van der Waals surface area contributed by atoms with Crippen LogP contribution < -0.4 is 0 Å². The minimum Gasteiger partial charge on any atom is -0.103 e. The first-order chi connectivity index (χ1) is 12.3. The lowest BCUT2D eigenvalue weighted by Crippen LogP contribution is -2.13. The van der Waals surface area contributed by atoms with Gasteiger partial charge in [-0.2, -0.15) is 0 Å². The van der Waals surface area contributed by atoms with Gasteiger partial charge in [-0.1, -0.05) is 68.3 Å². The first-order valence-corrected chi connectivity index (χ1v) is 10.1. The monoisotopic (exact) mass is 332 g/mol. The number of hydrogen-bond donors (Lipinski definition) is 0. The van der Waals surface area contributed by atoms with Crippen LogP contribution in [-0.2, 0) is 25.7 Å². The van der Waals surface area contributed by atoms with E-state index in [0.29, 0.717) is 5.92 Å². The summed E-state index contributed by atoms with van der Waals surface area (Å²) in [5, 5.41) is 0. The minimum absolute atomic E-state index is 0.687. The summed E-state index contributed by atoms with van der Waals surface area (Å²) >= 11 is 0. The number of aryl methyl sites for hydroxylation is 3. The van der Waals surface area contributed by atoms with E-state index in [4.69, 9.17) is 0 Å². The Morgan fingerprint density at radius 2 is 1.76 bits per heavy atom. The van der Waals surface area contributed by atoms with Gasteiger partial charge in [0.05, 0.1) is 0 Å². The lowest BCUT2D eigenvalue weighted by atomic mass is 9.79. The van der Waals surface area contributed by atoms with E-state index in [1.54, 1.807) is 11.1 Å². The molecule has 0 aliphatic heterocycles. The van der Waals surface area contributed by atoms with Gasteiger partial charge in [-0.3, -0.25) is 0 Å². The highest BCUT2D eigenvalue weighted by molar-refractivity contribution is 5.37. The van der Waals surface area contributed by atoms with E-state index in [-0.39, 0.29) is 0 Å². The Morgan fingerprint density at radius 3 is 2.52 bits per heavy atom. The maximum atomic E-state index is 3.81. The van der Waals surface area contributed by atoms with Crippen LogP contribution in [0.2, 0.25) is 0 Å². The zero-order valence-electron chi connectivity index (χ0n) is 15.8. The summed E-state index contributed by atoms with van der Waals surface area (Å²) in [7, 11) is 0. The van der Waals surface area contributed by atoms with Gasteiger partial charge >= 0.3 is 0 Å². The van der Waals surface area contributed by atoms with Crippen LogP contribution in [0.4, 0.5) is 0 Å². The average molecular weight is 333 g/mol. The Labute approximate surface area is 154 Å². The third-order valence-electron chi connectivity index (χ3n) is 5.66. The van der Waals surface area contributed by atoms with Crippen LogP contribution in [0.15, 0.2) is 55.1 Å². The van der Waals surface area contributed by atoms with Gasteiger partial charge in [0, 0.05) is 0 Å². The summed E-state index contributed by atoms with van der Waals surface area (Å²) in [5.74, 6) is 0.687. The Kier molecular flexibility index (Phi) is 6.50. The Hall–Kier alpha value is -1.82. The molecule has 1 aliphatic carbocycles. The maximum absolute atomic E-state index is 3.81. The van der Waals surface area contributed by atoms with Crippen LogP contribution in [0.25, 0.3) is 0 Å². The van der Waals surface area contributed by atoms with E-state index < -0.39 is 0 Å². The van der Waals surface area contributed by atoms with Crippen molar-refractivity contribution < 1.29 is 0 Å². The SMILES string of the molecule is C=CCCc1ccc(C2CCc3cc(CCCCC)ccc3C2)cc1. The molecule has 0 saturated heterocycles. The van der Waals surface area contributed by atoms with Crippen LogP contribution in [-0.4, -0.2) is 0 Å². The first-order valence-electron chi connectivity index (χ1n) is 10.1. The second-order valence-corrected chi connectivity index (χ2v) is 7.57. The lowest BCUT2D eigenvalue weighted by molar-refractivity contribution is 0.583. The second kappa shape index (κ2) is 9.04. The zero-order chi connectivity index (χ0) is 17.5. The fourth-order valence-corrected chi connectivity index (χ4v) is 4.05. The highest BCUT2D eigenvalue weighted by Gasteiger charge is 2.20. The second-order valence-electron chi connectivity index (χ2n) is 7.57. The van der Waals surface area contributed by atoms with Gasteiger partial charge in [0.1, 0.15) is 0 Å². The topological polar surface area (TPSA) is 0 Å². The summed E-state index contributed by atoms with van der Waals surface area (Å²) in [6.07, 6.45) is 13.1. The fourth-order valence-electron chi connectivity index (χ4n) is 4.05. The van der Waals surface area contributed by atoms with Crippen molar-refractivity contribution in [3.8, 4) is 0 Å². The zero-order valence-corrected chi connectivity index (χ0v) is 15.8. The van der Waals surface area contributed by atoms with Crippen molar-refractivity contribution in [1.82, 2.24) is 0 Å². The Morgan fingerprint density at radius 1 is 0.960 bits per heavy atom. The molecule has 0 radical (unpaired) electrons. The van der Waals surface area contributed by atoms with Gasteiger partial charge in [-0.05, 0) is 78.7 Å². The fraction of sp³-hybridized carbons (Fsp3) is 0.440. The van der Waals surface area contributed by atoms with Crippen molar-refractivity contribution in [2.45, 2.75) is 70.6 Å². The van der Waals surface area contributed by atoms with E-state index in [0.717, 1.165) is 12.8 Å². The minimum atomic E-state index is 0.687. The van der Waals surface area contributed by atoms with Crippen LogP contribution >= 0.6 is 0 Å². The lowest BCUT2D eigenvalue weighted by Gasteiger charge is -2.26. The molecule has 25 heavy (non-hydrogen) atoms. The molecule has 0 heterocycles. The summed E-state index contributed by atoms with van der Waals surface area (Å²) in [6.45, 7) is 6.09. The summed E-state index contributed by atoms with van der Waals surface area (Å²) in [5.41, 5.74) is 7.66. The van der Waals surface area contributed by atoms with Crippen molar-refractivity contribution >= 4 is 0 Å². The van der Waals surface area contributed by atoms with Crippen molar-refractivity contribution in [1.29, 1.82) is 0 Å².